The number of aryl methyl sites for hydroxylation is 1. The Morgan fingerprint density at radius 2 is 2.24 bits per heavy atom. The molecule has 0 aliphatic carbocycles. The van der Waals surface area contributed by atoms with Crippen molar-refractivity contribution >= 4 is 23.0 Å². The van der Waals surface area contributed by atoms with Crippen molar-refractivity contribution in [3.63, 3.8) is 0 Å². The van der Waals surface area contributed by atoms with Gasteiger partial charge in [-0.15, -0.1) is 0 Å². The average Bonchev–Trinajstić information content (AvgIpc) is 3.21. The van der Waals surface area contributed by atoms with Gasteiger partial charge in [-0.05, 0) is 42.7 Å². The normalized spacial score (nSPS) is 12.4. The summed E-state index contributed by atoms with van der Waals surface area (Å²) in [6, 6.07) is 3.58. The fraction of sp³-hybridized carbons (Fsp3) is 0.412. The Kier molecular flexibility index (Phi) is 4.98. The van der Waals surface area contributed by atoms with Crippen LogP contribution in [-0.4, -0.2) is 36.4 Å². The van der Waals surface area contributed by atoms with Gasteiger partial charge in [0.25, 0.3) is 11.3 Å². The van der Waals surface area contributed by atoms with E-state index in [1.807, 2.05) is 23.3 Å². The first-order valence-electron chi connectivity index (χ1n) is 8.23. The Morgan fingerprint density at radius 1 is 1.44 bits per heavy atom. The highest BCUT2D eigenvalue weighted by molar-refractivity contribution is 7.07. The molecule has 0 saturated heterocycles. The molecule has 0 aliphatic rings. The molecule has 0 aromatic carbocycles. The third-order valence-electron chi connectivity index (χ3n) is 4.20. The smallest absolute Gasteiger partial charge is 0.274 e. The van der Waals surface area contributed by atoms with Crippen molar-refractivity contribution in [3.05, 3.63) is 50.3 Å². The van der Waals surface area contributed by atoms with E-state index >= 15 is 0 Å². The Bertz CT molecular complexity index is 928. The summed E-state index contributed by atoms with van der Waals surface area (Å²) < 4.78 is 1.27. The van der Waals surface area contributed by atoms with Crippen LogP contribution in [-0.2, 0) is 17.8 Å². The van der Waals surface area contributed by atoms with E-state index in [0.717, 1.165) is 12.0 Å². The van der Waals surface area contributed by atoms with Crippen molar-refractivity contribution in [3.8, 4) is 0 Å². The molecule has 7 nitrogen and oxygen atoms in total. The number of rotatable bonds is 6. The van der Waals surface area contributed by atoms with Gasteiger partial charge in [0, 0.05) is 24.3 Å². The SMILES string of the molecule is CC[C@H](C)N(Cc1ccsc1)C(=O)Cc1nc2nc(C)cc(=O)n2[nH]1. The van der Waals surface area contributed by atoms with Crippen molar-refractivity contribution in [1.82, 2.24) is 24.5 Å². The summed E-state index contributed by atoms with van der Waals surface area (Å²) >= 11 is 1.62. The van der Waals surface area contributed by atoms with Gasteiger partial charge < -0.3 is 4.90 Å². The molecular formula is C17H21N5O2S. The quantitative estimate of drug-likeness (QED) is 0.731. The van der Waals surface area contributed by atoms with Gasteiger partial charge in [-0.3, -0.25) is 14.7 Å². The Hall–Kier alpha value is -2.48. The van der Waals surface area contributed by atoms with Crippen LogP contribution < -0.4 is 5.56 Å². The van der Waals surface area contributed by atoms with Crippen LogP contribution >= 0.6 is 11.3 Å². The summed E-state index contributed by atoms with van der Waals surface area (Å²) in [5, 5.41) is 6.94. The highest BCUT2D eigenvalue weighted by Crippen LogP contribution is 2.15. The maximum atomic E-state index is 12.8. The van der Waals surface area contributed by atoms with Gasteiger partial charge in [0.15, 0.2) is 0 Å². The predicted molar refractivity (Wildman–Crippen MR) is 96.7 cm³/mol. The number of carbonyl (C=O) groups is 1. The standard InChI is InChI=1S/C17H21N5O2S/c1-4-12(3)21(9-13-5-6-25-10-13)15(23)8-14-19-17-18-11(2)7-16(24)22(17)20-14/h5-7,10,12H,4,8-9H2,1-3H3,(H,18,19,20)/t12-/m0/s1. The first-order valence-corrected chi connectivity index (χ1v) is 9.18. The molecule has 132 valence electrons. The topological polar surface area (TPSA) is 83.4 Å². The van der Waals surface area contributed by atoms with E-state index in [9.17, 15) is 9.59 Å². The van der Waals surface area contributed by atoms with Crippen LogP contribution in [0.25, 0.3) is 5.78 Å². The zero-order valence-corrected chi connectivity index (χ0v) is 15.3. The number of amides is 1. The van der Waals surface area contributed by atoms with E-state index in [1.54, 1.807) is 18.3 Å². The third-order valence-corrected chi connectivity index (χ3v) is 4.93. The lowest BCUT2D eigenvalue weighted by molar-refractivity contribution is -0.133. The molecule has 3 rings (SSSR count). The van der Waals surface area contributed by atoms with E-state index in [2.05, 4.69) is 27.4 Å². The molecule has 3 heterocycles. The van der Waals surface area contributed by atoms with Gasteiger partial charge in [-0.1, -0.05) is 6.92 Å². The van der Waals surface area contributed by atoms with Gasteiger partial charge in [-0.2, -0.15) is 20.8 Å². The second-order valence-electron chi connectivity index (χ2n) is 6.13. The monoisotopic (exact) mass is 359 g/mol. The van der Waals surface area contributed by atoms with E-state index < -0.39 is 0 Å². The number of hydrogen-bond acceptors (Lipinski definition) is 5. The largest absolute Gasteiger partial charge is 0.335 e. The van der Waals surface area contributed by atoms with Crippen LogP contribution in [0.15, 0.2) is 27.7 Å². The molecule has 0 unspecified atom stereocenters. The number of H-pyrrole nitrogens is 1. The Labute approximate surface area is 149 Å². The summed E-state index contributed by atoms with van der Waals surface area (Å²) in [5.74, 6) is 0.712. The van der Waals surface area contributed by atoms with Crippen molar-refractivity contribution in [2.75, 3.05) is 0 Å². The molecule has 3 aromatic rings. The molecule has 0 radical (unpaired) electrons. The molecule has 25 heavy (non-hydrogen) atoms. The number of nitrogens with zero attached hydrogens (tertiary/aromatic N) is 4. The molecular weight excluding hydrogens is 338 g/mol. The lowest BCUT2D eigenvalue weighted by Crippen LogP contribution is -2.38. The van der Waals surface area contributed by atoms with Crippen molar-refractivity contribution in [2.24, 2.45) is 0 Å². The predicted octanol–water partition coefficient (Wildman–Crippen LogP) is 2.16. The second kappa shape index (κ2) is 7.18. The number of nitrogens with one attached hydrogen (secondary N) is 1. The molecule has 0 spiro atoms. The minimum Gasteiger partial charge on any atom is -0.335 e. The fourth-order valence-electron chi connectivity index (χ4n) is 2.65. The Balaban J connectivity index is 1.83. The van der Waals surface area contributed by atoms with Gasteiger partial charge >= 0.3 is 0 Å². The number of fused-ring (bicyclic) bond motifs is 1. The molecule has 0 saturated carbocycles. The molecule has 3 aromatic heterocycles. The maximum Gasteiger partial charge on any atom is 0.274 e. The van der Waals surface area contributed by atoms with Crippen LogP contribution in [0, 0.1) is 6.92 Å². The lowest BCUT2D eigenvalue weighted by Gasteiger charge is -2.28. The van der Waals surface area contributed by atoms with Crippen molar-refractivity contribution in [2.45, 2.75) is 46.2 Å². The molecule has 8 heteroatoms. The zero-order chi connectivity index (χ0) is 18.0. The number of carbonyl (C=O) groups excluding carboxylic acids is 1. The van der Waals surface area contributed by atoms with Gasteiger partial charge in [0.05, 0.1) is 6.42 Å². The number of hydrogen-bond donors (Lipinski definition) is 1. The highest BCUT2D eigenvalue weighted by Gasteiger charge is 2.21. The van der Waals surface area contributed by atoms with Gasteiger partial charge in [0.1, 0.15) is 5.82 Å². The zero-order valence-electron chi connectivity index (χ0n) is 14.5. The van der Waals surface area contributed by atoms with Crippen LogP contribution in [0.1, 0.15) is 37.4 Å². The van der Waals surface area contributed by atoms with Crippen LogP contribution in [0.2, 0.25) is 0 Å². The molecule has 1 amide bonds. The first-order chi connectivity index (χ1) is 12.0. The number of aromatic amines is 1. The average molecular weight is 359 g/mol. The highest BCUT2D eigenvalue weighted by atomic mass is 32.1. The Morgan fingerprint density at radius 3 is 2.92 bits per heavy atom. The van der Waals surface area contributed by atoms with E-state index in [-0.39, 0.29) is 23.9 Å². The van der Waals surface area contributed by atoms with E-state index in [4.69, 9.17) is 0 Å². The van der Waals surface area contributed by atoms with Crippen LogP contribution in [0.3, 0.4) is 0 Å². The number of thiophene rings is 1. The van der Waals surface area contributed by atoms with Gasteiger partial charge in [0.2, 0.25) is 5.91 Å². The molecule has 1 atom stereocenters. The summed E-state index contributed by atoms with van der Waals surface area (Å²) in [7, 11) is 0. The molecule has 0 aliphatic heterocycles. The van der Waals surface area contributed by atoms with Gasteiger partial charge in [-0.25, -0.2) is 4.98 Å². The van der Waals surface area contributed by atoms with Crippen LogP contribution in [0.5, 0.6) is 0 Å². The van der Waals surface area contributed by atoms with Crippen molar-refractivity contribution in [1.29, 1.82) is 0 Å². The summed E-state index contributed by atoms with van der Waals surface area (Å²) in [5.41, 5.74) is 1.50. The molecule has 0 fully saturated rings. The summed E-state index contributed by atoms with van der Waals surface area (Å²) in [6.45, 7) is 6.42. The summed E-state index contributed by atoms with van der Waals surface area (Å²) in [6.07, 6.45) is 0.979. The summed E-state index contributed by atoms with van der Waals surface area (Å²) in [4.78, 5) is 35.2. The minimum absolute atomic E-state index is 0.0237. The molecule has 1 N–H and O–H groups in total. The fourth-order valence-corrected chi connectivity index (χ4v) is 3.31. The maximum absolute atomic E-state index is 12.8. The first kappa shape index (κ1) is 17.3. The van der Waals surface area contributed by atoms with Crippen molar-refractivity contribution < 1.29 is 4.79 Å². The van der Waals surface area contributed by atoms with E-state index in [1.165, 1.54) is 10.6 Å². The second-order valence-corrected chi connectivity index (χ2v) is 6.91. The molecule has 0 bridgehead atoms. The lowest BCUT2D eigenvalue weighted by atomic mass is 10.1. The minimum atomic E-state index is -0.231. The third kappa shape index (κ3) is 3.79. The van der Waals surface area contributed by atoms with Crippen LogP contribution in [0.4, 0.5) is 0 Å². The van der Waals surface area contributed by atoms with E-state index in [0.29, 0.717) is 23.8 Å². The number of aromatic nitrogens is 4.